The first-order valence-electron chi connectivity index (χ1n) is 5.73. The molecule has 0 heterocycles. The molecule has 2 N–H and O–H groups in total. The lowest BCUT2D eigenvalue weighted by molar-refractivity contribution is -0.0348. The van der Waals surface area contributed by atoms with E-state index in [4.69, 9.17) is 9.84 Å². The van der Waals surface area contributed by atoms with E-state index in [1.165, 1.54) is 13.2 Å². The van der Waals surface area contributed by atoms with E-state index >= 15 is 0 Å². The number of aliphatic hydroxyl groups is 1. The highest BCUT2D eigenvalue weighted by atomic mass is 79.9. The fourth-order valence-corrected chi connectivity index (χ4v) is 1.81. The maximum Gasteiger partial charge on any atom is 0.254 e. The molecule has 0 aromatic heterocycles. The molecule has 0 aliphatic carbocycles. The van der Waals surface area contributed by atoms with Gasteiger partial charge in [-0.2, -0.15) is 0 Å². The molecule has 1 amide bonds. The van der Waals surface area contributed by atoms with Crippen LogP contribution in [0.5, 0.6) is 0 Å². The highest BCUT2D eigenvalue weighted by Gasteiger charge is 2.25. The summed E-state index contributed by atoms with van der Waals surface area (Å²) >= 11 is 3.26. The molecule has 0 radical (unpaired) electrons. The van der Waals surface area contributed by atoms with Crippen molar-refractivity contribution < 1.29 is 19.0 Å². The van der Waals surface area contributed by atoms with Crippen molar-refractivity contribution in [3.63, 3.8) is 0 Å². The SMILES string of the molecule is COC(C)(CO)CNC(=O)c1c(F)ccc(Br)c1C. The van der Waals surface area contributed by atoms with Crippen LogP contribution in [0.4, 0.5) is 4.39 Å². The molecule has 1 unspecified atom stereocenters. The van der Waals surface area contributed by atoms with Crippen LogP contribution in [-0.4, -0.2) is 36.9 Å². The number of ether oxygens (including phenoxy) is 1. The molecule has 1 aromatic rings. The van der Waals surface area contributed by atoms with Gasteiger partial charge < -0.3 is 15.2 Å². The summed E-state index contributed by atoms with van der Waals surface area (Å²) in [6, 6.07) is 2.78. The Hall–Kier alpha value is -0.980. The predicted octanol–water partition coefficient (Wildman–Crippen LogP) is 2.02. The number of rotatable bonds is 5. The van der Waals surface area contributed by atoms with Crippen LogP contribution in [0.25, 0.3) is 0 Å². The Morgan fingerprint density at radius 1 is 1.58 bits per heavy atom. The van der Waals surface area contributed by atoms with E-state index in [0.29, 0.717) is 10.0 Å². The number of halogens is 2. The third kappa shape index (κ3) is 3.75. The number of aliphatic hydroxyl groups excluding tert-OH is 1. The van der Waals surface area contributed by atoms with Crippen molar-refractivity contribution in [2.75, 3.05) is 20.3 Å². The van der Waals surface area contributed by atoms with Gasteiger partial charge in [0.25, 0.3) is 5.91 Å². The number of nitrogens with one attached hydrogen (secondary N) is 1. The molecule has 0 saturated carbocycles. The molecule has 0 spiro atoms. The maximum absolute atomic E-state index is 13.7. The number of benzene rings is 1. The number of hydrogen-bond acceptors (Lipinski definition) is 3. The fourth-order valence-electron chi connectivity index (χ4n) is 1.48. The van der Waals surface area contributed by atoms with Gasteiger partial charge in [0.2, 0.25) is 0 Å². The van der Waals surface area contributed by atoms with Crippen LogP contribution in [0, 0.1) is 12.7 Å². The molecule has 106 valence electrons. The number of carbonyl (C=O) groups excluding carboxylic acids is 1. The van der Waals surface area contributed by atoms with Crippen LogP contribution in [0.15, 0.2) is 16.6 Å². The van der Waals surface area contributed by atoms with Crippen molar-refractivity contribution in [1.82, 2.24) is 5.32 Å². The summed E-state index contributed by atoms with van der Waals surface area (Å²) in [6.07, 6.45) is 0. The van der Waals surface area contributed by atoms with E-state index in [2.05, 4.69) is 21.2 Å². The van der Waals surface area contributed by atoms with Gasteiger partial charge in [-0.25, -0.2) is 4.39 Å². The Labute approximate surface area is 120 Å². The van der Waals surface area contributed by atoms with Crippen LogP contribution >= 0.6 is 15.9 Å². The van der Waals surface area contributed by atoms with Crippen molar-refractivity contribution >= 4 is 21.8 Å². The molecule has 4 nitrogen and oxygen atoms in total. The summed E-state index contributed by atoms with van der Waals surface area (Å²) < 4.78 is 19.5. The quantitative estimate of drug-likeness (QED) is 0.866. The maximum atomic E-state index is 13.7. The highest BCUT2D eigenvalue weighted by molar-refractivity contribution is 9.10. The van der Waals surface area contributed by atoms with Crippen LogP contribution in [0.2, 0.25) is 0 Å². The minimum absolute atomic E-state index is 0.00855. The molecule has 1 rings (SSSR count). The standard InChI is InChI=1S/C13H17BrFNO3/c1-8-9(14)4-5-10(15)11(8)12(18)16-6-13(2,7-17)19-3/h4-5,17H,6-7H2,1-3H3,(H,16,18). The lowest BCUT2D eigenvalue weighted by Crippen LogP contribution is -2.45. The molecule has 1 atom stereocenters. The van der Waals surface area contributed by atoms with Gasteiger partial charge in [0, 0.05) is 18.1 Å². The summed E-state index contributed by atoms with van der Waals surface area (Å²) in [5.74, 6) is -1.12. The topological polar surface area (TPSA) is 58.6 Å². The van der Waals surface area contributed by atoms with Gasteiger partial charge in [0.05, 0.1) is 12.2 Å². The first-order chi connectivity index (χ1) is 8.84. The fraction of sp³-hybridized carbons (Fsp3) is 0.462. The molecule has 19 heavy (non-hydrogen) atoms. The van der Waals surface area contributed by atoms with Gasteiger partial charge in [0.1, 0.15) is 11.4 Å². The van der Waals surface area contributed by atoms with Gasteiger partial charge in [-0.3, -0.25) is 4.79 Å². The summed E-state index contributed by atoms with van der Waals surface area (Å²) in [5.41, 5.74) is -0.363. The molecule has 0 saturated heterocycles. The second-order valence-corrected chi connectivity index (χ2v) is 5.38. The smallest absolute Gasteiger partial charge is 0.254 e. The Bertz CT molecular complexity index is 475. The van der Waals surface area contributed by atoms with E-state index in [-0.39, 0.29) is 18.7 Å². The Kier molecular flexibility index (Phi) is 5.46. The number of hydrogen-bond donors (Lipinski definition) is 2. The summed E-state index contributed by atoms with van der Waals surface area (Å²) in [6.45, 7) is 3.15. The zero-order valence-corrected chi connectivity index (χ0v) is 12.7. The summed E-state index contributed by atoms with van der Waals surface area (Å²) in [5, 5.41) is 11.7. The first-order valence-corrected chi connectivity index (χ1v) is 6.53. The highest BCUT2D eigenvalue weighted by Crippen LogP contribution is 2.22. The number of carbonyl (C=O) groups is 1. The first kappa shape index (κ1) is 16.1. The molecule has 0 aliphatic rings. The average molecular weight is 334 g/mol. The van der Waals surface area contributed by atoms with Crippen molar-refractivity contribution in [1.29, 1.82) is 0 Å². The molecule has 6 heteroatoms. The molecular formula is C13H17BrFNO3. The van der Waals surface area contributed by atoms with Crippen LogP contribution < -0.4 is 5.32 Å². The lowest BCUT2D eigenvalue weighted by atomic mass is 10.1. The van der Waals surface area contributed by atoms with E-state index < -0.39 is 17.3 Å². The van der Waals surface area contributed by atoms with E-state index in [1.54, 1.807) is 19.9 Å². The van der Waals surface area contributed by atoms with E-state index in [9.17, 15) is 9.18 Å². The zero-order valence-electron chi connectivity index (χ0n) is 11.1. The summed E-state index contributed by atoms with van der Waals surface area (Å²) in [4.78, 5) is 12.0. The third-order valence-corrected chi connectivity index (χ3v) is 3.88. The van der Waals surface area contributed by atoms with Crippen molar-refractivity contribution in [2.24, 2.45) is 0 Å². The zero-order chi connectivity index (χ0) is 14.6. The molecule has 0 bridgehead atoms. The molecule has 1 aromatic carbocycles. The Morgan fingerprint density at radius 3 is 2.74 bits per heavy atom. The second-order valence-electron chi connectivity index (χ2n) is 4.52. The van der Waals surface area contributed by atoms with Gasteiger partial charge in [-0.1, -0.05) is 15.9 Å². The molecule has 0 aliphatic heterocycles. The van der Waals surface area contributed by atoms with Crippen LogP contribution in [-0.2, 0) is 4.74 Å². The average Bonchev–Trinajstić information content (AvgIpc) is 2.40. The van der Waals surface area contributed by atoms with Gasteiger partial charge in [-0.05, 0) is 31.5 Å². The predicted molar refractivity (Wildman–Crippen MR) is 73.7 cm³/mol. The lowest BCUT2D eigenvalue weighted by Gasteiger charge is -2.26. The minimum Gasteiger partial charge on any atom is -0.393 e. The van der Waals surface area contributed by atoms with Crippen LogP contribution in [0.3, 0.4) is 0 Å². The Balaban J connectivity index is 2.88. The largest absolute Gasteiger partial charge is 0.393 e. The van der Waals surface area contributed by atoms with Crippen LogP contribution in [0.1, 0.15) is 22.8 Å². The van der Waals surface area contributed by atoms with E-state index in [0.717, 1.165) is 0 Å². The normalized spacial score (nSPS) is 14.0. The number of methoxy groups -OCH3 is 1. The van der Waals surface area contributed by atoms with Crippen molar-refractivity contribution in [3.8, 4) is 0 Å². The van der Waals surface area contributed by atoms with Gasteiger partial charge >= 0.3 is 0 Å². The van der Waals surface area contributed by atoms with E-state index in [1.807, 2.05) is 0 Å². The Morgan fingerprint density at radius 2 is 2.21 bits per heavy atom. The van der Waals surface area contributed by atoms with Gasteiger partial charge in [-0.15, -0.1) is 0 Å². The van der Waals surface area contributed by atoms with Crippen molar-refractivity contribution in [3.05, 3.63) is 33.5 Å². The van der Waals surface area contributed by atoms with Crippen molar-refractivity contribution in [2.45, 2.75) is 19.4 Å². The number of amides is 1. The summed E-state index contributed by atoms with van der Waals surface area (Å²) in [7, 11) is 1.44. The monoisotopic (exact) mass is 333 g/mol. The minimum atomic E-state index is -0.883. The van der Waals surface area contributed by atoms with Gasteiger partial charge in [0.15, 0.2) is 0 Å². The molecular weight excluding hydrogens is 317 g/mol. The molecule has 0 fully saturated rings. The third-order valence-electron chi connectivity index (χ3n) is 3.03. The second kappa shape index (κ2) is 6.45.